The van der Waals surface area contributed by atoms with E-state index < -0.39 is 0 Å². The first kappa shape index (κ1) is 14.7. The number of phenolic OH excluding ortho intramolecular Hbond substituents is 1. The van der Waals surface area contributed by atoms with Gasteiger partial charge in [-0.1, -0.05) is 6.92 Å². The van der Waals surface area contributed by atoms with Crippen molar-refractivity contribution in [3.05, 3.63) is 23.8 Å². The number of likely N-dealkylation sites (tertiary alicyclic amines) is 1. The summed E-state index contributed by atoms with van der Waals surface area (Å²) in [7, 11) is 1.49. The third kappa shape index (κ3) is 3.22. The molecule has 1 aromatic rings. The van der Waals surface area contributed by atoms with Crippen LogP contribution >= 0.6 is 0 Å². The molecule has 0 aliphatic carbocycles. The predicted molar refractivity (Wildman–Crippen MR) is 77.3 cm³/mol. The first-order valence-corrected chi connectivity index (χ1v) is 7.05. The molecular formula is C15H22N2O3. The van der Waals surface area contributed by atoms with Gasteiger partial charge in [0.15, 0.2) is 11.5 Å². The highest BCUT2D eigenvalue weighted by Gasteiger charge is 2.24. The summed E-state index contributed by atoms with van der Waals surface area (Å²) in [6.45, 7) is 4.48. The average Bonchev–Trinajstić information content (AvgIpc) is 2.47. The number of carbonyl (C=O) groups excluding carboxylic acids is 1. The number of piperidine rings is 1. The number of nitrogens with one attached hydrogen (secondary N) is 1. The molecule has 1 saturated heterocycles. The molecule has 2 N–H and O–H groups in total. The van der Waals surface area contributed by atoms with Crippen molar-refractivity contribution >= 4 is 5.91 Å². The second kappa shape index (κ2) is 6.61. The zero-order chi connectivity index (χ0) is 14.5. The monoisotopic (exact) mass is 278 g/mol. The number of hydrogen-bond acceptors (Lipinski definition) is 4. The molecule has 20 heavy (non-hydrogen) atoms. The molecule has 0 spiro atoms. The molecule has 0 saturated carbocycles. The minimum atomic E-state index is -0.0365. The molecule has 1 amide bonds. The fraction of sp³-hybridized carbons (Fsp3) is 0.533. The van der Waals surface area contributed by atoms with Gasteiger partial charge < -0.3 is 20.1 Å². The lowest BCUT2D eigenvalue weighted by molar-refractivity contribution is 0.0695. The number of carbonyl (C=O) groups is 1. The van der Waals surface area contributed by atoms with E-state index in [1.54, 1.807) is 12.1 Å². The van der Waals surface area contributed by atoms with Crippen LogP contribution in [0.2, 0.25) is 0 Å². The number of phenols is 1. The van der Waals surface area contributed by atoms with Crippen LogP contribution < -0.4 is 10.1 Å². The van der Waals surface area contributed by atoms with Crippen LogP contribution in [-0.4, -0.2) is 48.7 Å². The van der Waals surface area contributed by atoms with E-state index in [0.717, 1.165) is 32.5 Å². The number of rotatable bonds is 4. The minimum Gasteiger partial charge on any atom is -0.504 e. The summed E-state index contributed by atoms with van der Waals surface area (Å²) >= 11 is 0. The van der Waals surface area contributed by atoms with Gasteiger partial charge >= 0.3 is 0 Å². The molecule has 1 atom stereocenters. The number of methoxy groups -OCH3 is 1. The second-order valence-corrected chi connectivity index (χ2v) is 5.03. The Morgan fingerprint density at radius 1 is 1.55 bits per heavy atom. The largest absolute Gasteiger partial charge is 0.504 e. The molecule has 1 aliphatic rings. The summed E-state index contributed by atoms with van der Waals surface area (Å²) in [5, 5.41) is 13.2. The highest BCUT2D eigenvalue weighted by Crippen LogP contribution is 2.27. The molecule has 0 aromatic heterocycles. The molecule has 2 rings (SSSR count). The first-order valence-electron chi connectivity index (χ1n) is 7.05. The Kier molecular flexibility index (Phi) is 4.84. The maximum absolute atomic E-state index is 12.4. The Morgan fingerprint density at radius 2 is 2.35 bits per heavy atom. The van der Waals surface area contributed by atoms with Crippen molar-refractivity contribution in [2.24, 2.45) is 0 Å². The smallest absolute Gasteiger partial charge is 0.254 e. The topological polar surface area (TPSA) is 61.8 Å². The van der Waals surface area contributed by atoms with Crippen molar-refractivity contribution in [3.63, 3.8) is 0 Å². The molecule has 1 heterocycles. The number of nitrogens with zero attached hydrogens (tertiary/aromatic N) is 1. The zero-order valence-electron chi connectivity index (χ0n) is 12.1. The van der Waals surface area contributed by atoms with Gasteiger partial charge in [0, 0.05) is 24.7 Å². The van der Waals surface area contributed by atoms with E-state index in [0.29, 0.717) is 17.4 Å². The summed E-state index contributed by atoms with van der Waals surface area (Å²) in [5.74, 6) is 0.342. The van der Waals surface area contributed by atoms with Gasteiger partial charge in [-0.3, -0.25) is 4.79 Å². The standard InChI is InChI=1S/C15H22N2O3/c1-3-16-12-5-4-8-17(10-12)15(19)11-6-7-14(20-2)13(18)9-11/h6-7,9,12,16,18H,3-5,8,10H2,1-2H3. The average molecular weight is 278 g/mol. The molecule has 1 aliphatic heterocycles. The van der Waals surface area contributed by atoms with Gasteiger partial charge in [-0.15, -0.1) is 0 Å². The van der Waals surface area contributed by atoms with Crippen LogP contribution in [0.1, 0.15) is 30.1 Å². The van der Waals surface area contributed by atoms with Gasteiger partial charge in [-0.05, 0) is 37.6 Å². The van der Waals surface area contributed by atoms with Gasteiger partial charge in [0.1, 0.15) is 0 Å². The molecule has 0 radical (unpaired) electrons. The van der Waals surface area contributed by atoms with E-state index >= 15 is 0 Å². The van der Waals surface area contributed by atoms with Crippen molar-refractivity contribution in [3.8, 4) is 11.5 Å². The quantitative estimate of drug-likeness (QED) is 0.878. The SMILES string of the molecule is CCNC1CCCN(C(=O)c2ccc(OC)c(O)c2)C1. The Labute approximate surface area is 119 Å². The van der Waals surface area contributed by atoms with Crippen molar-refractivity contribution in [2.45, 2.75) is 25.8 Å². The maximum Gasteiger partial charge on any atom is 0.254 e. The highest BCUT2D eigenvalue weighted by molar-refractivity contribution is 5.95. The Bertz CT molecular complexity index is 474. The molecular weight excluding hydrogens is 256 g/mol. The van der Waals surface area contributed by atoms with Crippen LogP contribution in [0, 0.1) is 0 Å². The van der Waals surface area contributed by atoms with Crippen molar-refractivity contribution in [1.82, 2.24) is 10.2 Å². The maximum atomic E-state index is 12.4. The van der Waals surface area contributed by atoms with Gasteiger partial charge in [-0.25, -0.2) is 0 Å². The number of amides is 1. The van der Waals surface area contributed by atoms with E-state index in [2.05, 4.69) is 12.2 Å². The first-order chi connectivity index (χ1) is 9.65. The summed E-state index contributed by atoms with van der Waals surface area (Å²) in [5.41, 5.74) is 0.500. The summed E-state index contributed by atoms with van der Waals surface area (Å²) in [4.78, 5) is 14.3. The number of benzene rings is 1. The van der Waals surface area contributed by atoms with Crippen LogP contribution in [-0.2, 0) is 0 Å². The molecule has 5 heteroatoms. The normalized spacial score (nSPS) is 18.9. The fourth-order valence-electron chi connectivity index (χ4n) is 2.62. The molecule has 110 valence electrons. The fourth-order valence-corrected chi connectivity index (χ4v) is 2.62. The van der Waals surface area contributed by atoms with E-state index in [9.17, 15) is 9.90 Å². The molecule has 0 bridgehead atoms. The summed E-state index contributed by atoms with van der Waals surface area (Å²) in [6, 6.07) is 5.15. The molecule has 1 fully saturated rings. The van der Waals surface area contributed by atoms with E-state index in [4.69, 9.17) is 4.74 Å². The van der Waals surface area contributed by atoms with Crippen LogP contribution in [0.5, 0.6) is 11.5 Å². The van der Waals surface area contributed by atoms with Crippen molar-refractivity contribution in [1.29, 1.82) is 0 Å². The lowest BCUT2D eigenvalue weighted by Gasteiger charge is -2.33. The van der Waals surface area contributed by atoms with Crippen LogP contribution in [0.3, 0.4) is 0 Å². The van der Waals surface area contributed by atoms with Crippen molar-refractivity contribution in [2.75, 3.05) is 26.7 Å². The highest BCUT2D eigenvalue weighted by atomic mass is 16.5. The van der Waals surface area contributed by atoms with Crippen molar-refractivity contribution < 1.29 is 14.6 Å². The Morgan fingerprint density at radius 3 is 3.00 bits per heavy atom. The summed E-state index contributed by atoms with van der Waals surface area (Å²) in [6.07, 6.45) is 2.11. The molecule has 5 nitrogen and oxygen atoms in total. The van der Waals surface area contributed by atoms with Gasteiger partial charge in [0.2, 0.25) is 0 Å². The molecule has 1 unspecified atom stereocenters. The van der Waals surface area contributed by atoms with E-state index in [1.807, 2.05) is 4.90 Å². The number of ether oxygens (including phenoxy) is 1. The zero-order valence-corrected chi connectivity index (χ0v) is 12.1. The second-order valence-electron chi connectivity index (χ2n) is 5.03. The van der Waals surface area contributed by atoms with E-state index in [1.165, 1.54) is 13.2 Å². The lowest BCUT2D eigenvalue weighted by atomic mass is 10.0. The van der Waals surface area contributed by atoms with Crippen LogP contribution in [0.4, 0.5) is 0 Å². The predicted octanol–water partition coefficient (Wildman–Crippen LogP) is 1.61. The van der Waals surface area contributed by atoms with Gasteiger partial charge in [0.25, 0.3) is 5.91 Å². The summed E-state index contributed by atoms with van der Waals surface area (Å²) < 4.78 is 4.99. The number of aromatic hydroxyl groups is 1. The van der Waals surface area contributed by atoms with E-state index in [-0.39, 0.29) is 11.7 Å². The molecule has 1 aromatic carbocycles. The third-order valence-electron chi connectivity index (χ3n) is 3.63. The van der Waals surface area contributed by atoms with Crippen LogP contribution in [0.25, 0.3) is 0 Å². The Hall–Kier alpha value is -1.75. The third-order valence-corrected chi connectivity index (χ3v) is 3.63. The Balaban J connectivity index is 2.08. The van der Waals surface area contributed by atoms with Gasteiger partial charge in [0.05, 0.1) is 7.11 Å². The van der Waals surface area contributed by atoms with Crippen LogP contribution in [0.15, 0.2) is 18.2 Å². The van der Waals surface area contributed by atoms with Gasteiger partial charge in [-0.2, -0.15) is 0 Å². The lowest BCUT2D eigenvalue weighted by Crippen LogP contribution is -2.47. The number of likely N-dealkylation sites (N-methyl/N-ethyl adjacent to an activating group) is 1. The number of hydrogen-bond donors (Lipinski definition) is 2. The minimum absolute atomic E-state index is 0.00130.